The minimum Gasteiger partial charge on any atom is -0.497 e. The van der Waals surface area contributed by atoms with Crippen LogP contribution < -0.4 is 9.54 Å². The van der Waals surface area contributed by atoms with E-state index in [-0.39, 0.29) is 17.0 Å². The predicted octanol–water partition coefficient (Wildman–Crippen LogP) is 5.19. The summed E-state index contributed by atoms with van der Waals surface area (Å²) in [6.07, 6.45) is 1.82. The zero-order valence-electron chi connectivity index (χ0n) is 14.3. The third kappa shape index (κ3) is 4.11. The highest BCUT2D eigenvalue weighted by Crippen LogP contribution is 2.29. The maximum atomic E-state index is 5.27. The average Bonchev–Trinajstić information content (AvgIpc) is 2.97. The van der Waals surface area contributed by atoms with Gasteiger partial charge >= 0.3 is 0 Å². The molecule has 0 spiro atoms. The number of hydrogen-bond donors (Lipinski definition) is 0. The molecule has 130 valence electrons. The lowest BCUT2D eigenvalue weighted by Crippen LogP contribution is -2.14. The number of benzene rings is 2. The first-order chi connectivity index (χ1) is 11.7. The van der Waals surface area contributed by atoms with E-state index in [1.807, 2.05) is 36.4 Å². The van der Waals surface area contributed by atoms with Gasteiger partial charge in [-0.2, -0.15) is 0 Å². The van der Waals surface area contributed by atoms with Crippen LogP contribution in [0, 0.1) is 6.92 Å². The Hall–Kier alpha value is -2.11. The summed E-state index contributed by atoms with van der Waals surface area (Å²) in [7, 11) is 1.68. The summed E-state index contributed by atoms with van der Waals surface area (Å²) in [6.45, 7) is 6.51. The molecule has 1 aromatic heterocycles. The topological polar surface area (TPSA) is 26.5 Å². The van der Waals surface area contributed by atoms with Gasteiger partial charge in [0.25, 0.3) is 0 Å². The minimum absolute atomic E-state index is 0. The Bertz CT molecular complexity index is 896. The zero-order valence-corrected chi connectivity index (χ0v) is 16.8. The van der Waals surface area contributed by atoms with Crippen LogP contribution in [0.1, 0.15) is 4.88 Å². The fourth-order valence-electron chi connectivity index (χ4n) is 2.63. The number of halogens is 1. The molecule has 3 aromatic rings. The summed E-state index contributed by atoms with van der Waals surface area (Å²) in [6, 6.07) is 18.5. The predicted molar refractivity (Wildman–Crippen MR) is 111 cm³/mol. The van der Waals surface area contributed by atoms with Gasteiger partial charge in [-0.1, -0.05) is 24.3 Å². The fourth-order valence-corrected chi connectivity index (χ4v) is 3.63. The lowest BCUT2D eigenvalue weighted by Gasteiger charge is -2.11. The molecule has 3 rings (SSSR count). The van der Waals surface area contributed by atoms with Gasteiger partial charge in [0, 0.05) is 10.6 Å². The molecule has 0 aliphatic rings. The van der Waals surface area contributed by atoms with Gasteiger partial charge in [-0.3, -0.25) is 9.56 Å². The first kappa shape index (κ1) is 19.2. The van der Waals surface area contributed by atoms with E-state index in [1.165, 1.54) is 4.88 Å². The first-order valence-corrected chi connectivity index (χ1v) is 8.60. The SMILES string of the molecule is Br.C=CCN=c1sc(C)c(-c2ccc(OC)cc2)n1-c1ccccc1. The Balaban J connectivity index is 0.00000225. The molecule has 3 nitrogen and oxygen atoms in total. The van der Waals surface area contributed by atoms with Crippen LogP contribution in [0.2, 0.25) is 0 Å². The van der Waals surface area contributed by atoms with Crippen molar-refractivity contribution in [2.24, 2.45) is 4.99 Å². The maximum absolute atomic E-state index is 5.27. The molecule has 0 saturated carbocycles. The smallest absolute Gasteiger partial charge is 0.190 e. The second-order valence-electron chi connectivity index (χ2n) is 5.32. The van der Waals surface area contributed by atoms with Crippen LogP contribution in [0.15, 0.2) is 72.2 Å². The number of aryl methyl sites for hydroxylation is 1. The summed E-state index contributed by atoms with van der Waals surface area (Å²) in [4.78, 5) is 6.89. The third-order valence-electron chi connectivity index (χ3n) is 3.73. The normalized spacial score (nSPS) is 11.0. The zero-order chi connectivity index (χ0) is 16.9. The lowest BCUT2D eigenvalue weighted by molar-refractivity contribution is 0.415. The van der Waals surface area contributed by atoms with Crippen LogP contribution in [0.3, 0.4) is 0 Å². The van der Waals surface area contributed by atoms with E-state index in [2.05, 4.69) is 47.3 Å². The van der Waals surface area contributed by atoms with Crippen molar-refractivity contribution in [2.75, 3.05) is 13.7 Å². The second-order valence-corrected chi connectivity index (χ2v) is 6.50. The quantitative estimate of drug-likeness (QED) is 0.525. The molecule has 0 atom stereocenters. The highest BCUT2D eigenvalue weighted by molar-refractivity contribution is 8.93. The third-order valence-corrected chi connectivity index (χ3v) is 4.72. The van der Waals surface area contributed by atoms with Crippen molar-refractivity contribution in [2.45, 2.75) is 6.92 Å². The molecular formula is C20H21BrN2OS. The minimum atomic E-state index is 0. The van der Waals surface area contributed by atoms with Crippen LogP contribution in [0.4, 0.5) is 0 Å². The second kappa shape index (κ2) is 8.83. The van der Waals surface area contributed by atoms with E-state index in [9.17, 15) is 0 Å². The van der Waals surface area contributed by atoms with Crippen molar-refractivity contribution in [3.63, 3.8) is 0 Å². The number of aromatic nitrogens is 1. The van der Waals surface area contributed by atoms with Gasteiger partial charge in [0.2, 0.25) is 0 Å². The molecule has 1 heterocycles. The number of methoxy groups -OCH3 is 1. The average molecular weight is 417 g/mol. The molecule has 0 radical (unpaired) electrons. The van der Waals surface area contributed by atoms with Crippen LogP contribution in [-0.4, -0.2) is 18.2 Å². The van der Waals surface area contributed by atoms with E-state index in [1.54, 1.807) is 18.4 Å². The van der Waals surface area contributed by atoms with Crippen LogP contribution in [-0.2, 0) is 0 Å². The van der Waals surface area contributed by atoms with E-state index in [4.69, 9.17) is 4.74 Å². The van der Waals surface area contributed by atoms with Crippen molar-refractivity contribution >= 4 is 28.3 Å². The van der Waals surface area contributed by atoms with Crippen molar-refractivity contribution in [1.82, 2.24) is 4.57 Å². The Morgan fingerprint density at radius 3 is 2.40 bits per heavy atom. The van der Waals surface area contributed by atoms with Gasteiger partial charge in [0.1, 0.15) is 5.75 Å². The highest BCUT2D eigenvalue weighted by Gasteiger charge is 2.14. The molecule has 0 bridgehead atoms. The van der Waals surface area contributed by atoms with Crippen molar-refractivity contribution < 1.29 is 4.74 Å². The molecule has 0 aliphatic carbocycles. The van der Waals surface area contributed by atoms with Gasteiger partial charge in [0.05, 0.1) is 19.3 Å². The summed E-state index contributed by atoms with van der Waals surface area (Å²) in [5, 5.41) is 0. The van der Waals surface area contributed by atoms with E-state index in [0.29, 0.717) is 6.54 Å². The van der Waals surface area contributed by atoms with Gasteiger partial charge in [-0.05, 0) is 48.9 Å². The van der Waals surface area contributed by atoms with Crippen LogP contribution in [0.5, 0.6) is 5.75 Å². The lowest BCUT2D eigenvalue weighted by atomic mass is 10.1. The number of nitrogens with zero attached hydrogens (tertiary/aromatic N) is 2. The first-order valence-electron chi connectivity index (χ1n) is 7.78. The number of hydrogen-bond acceptors (Lipinski definition) is 3. The molecule has 5 heteroatoms. The van der Waals surface area contributed by atoms with Gasteiger partial charge < -0.3 is 4.74 Å². The molecule has 0 aliphatic heterocycles. The Morgan fingerprint density at radius 1 is 1.12 bits per heavy atom. The number of ether oxygens (including phenoxy) is 1. The highest BCUT2D eigenvalue weighted by atomic mass is 79.9. The van der Waals surface area contributed by atoms with Gasteiger partial charge in [-0.25, -0.2) is 0 Å². The van der Waals surface area contributed by atoms with E-state index >= 15 is 0 Å². The molecule has 0 fully saturated rings. The Kier molecular flexibility index (Phi) is 6.79. The summed E-state index contributed by atoms with van der Waals surface area (Å²) < 4.78 is 7.49. The molecular weight excluding hydrogens is 396 g/mol. The van der Waals surface area contributed by atoms with Gasteiger partial charge in [-0.15, -0.1) is 34.9 Å². The monoisotopic (exact) mass is 416 g/mol. The molecule has 0 saturated heterocycles. The standard InChI is InChI=1S/C20H20N2OS.BrH/c1-4-14-21-20-22(17-8-6-5-7-9-17)19(15(2)24-20)16-10-12-18(23-3)13-11-16;/h4-13H,1,14H2,2-3H3;1H. The molecule has 25 heavy (non-hydrogen) atoms. The Morgan fingerprint density at radius 2 is 1.80 bits per heavy atom. The van der Waals surface area contributed by atoms with Crippen molar-refractivity contribution in [3.05, 3.63) is 76.9 Å². The molecule has 0 unspecified atom stereocenters. The fraction of sp³-hybridized carbons (Fsp3) is 0.150. The number of rotatable bonds is 5. The van der Waals surface area contributed by atoms with Crippen molar-refractivity contribution in [3.8, 4) is 22.7 Å². The Labute approximate surface area is 162 Å². The largest absolute Gasteiger partial charge is 0.497 e. The molecule has 2 aromatic carbocycles. The van der Waals surface area contributed by atoms with Crippen molar-refractivity contribution in [1.29, 1.82) is 0 Å². The molecule has 0 amide bonds. The van der Waals surface area contributed by atoms with Crippen LogP contribution >= 0.6 is 28.3 Å². The van der Waals surface area contributed by atoms with Gasteiger partial charge in [0.15, 0.2) is 4.80 Å². The maximum Gasteiger partial charge on any atom is 0.190 e. The summed E-state index contributed by atoms with van der Waals surface area (Å²) in [5.41, 5.74) is 3.42. The summed E-state index contributed by atoms with van der Waals surface area (Å²) >= 11 is 1.70. The molecule has 0 N–H and O–H groups in total. The van der Waals surface area contributed by atoms with E-state index < -0.39 is 0 Å². The number of thiazole rings is 1. The van der Waals surface area contributed by atoms with Crippen LogP contribution in [0.25, 0.3) is 16.9 Å². The summed E-state index contributed by atoms with van der Waals surface area (Å²) in [5.74, 6) is 0.856. The van der Waals surface area contributed by atoms with E-state index in [0.717, 1.165) is 27.5 Å². The number of para-hydroxylation sites is 1.